The number of halogens is 3. The average molecular weight is 354 g/mol. The first-order valence-corrected chi connectivity index (χ1v) is 7.91. The SMILES string of the molecule is CC(C)C[C@@H](CO)CCOC(=O)c1c(Cl)cc(Cl)cc1Cl. The van der Waals surface area contributed by atoms with Crippen LogP contribution in [0.5, 0.6) is 0 Å². The van der Waals surface area contributed by atoms with E-state index in [2.05, 4.69) is 13.8 Å². The molecule has 0 saturated heterocycles. The molecule has 118 valence electrons. The molecule has 1 aromatic carbocycles. The Morgan fingerprint density at radius 1 is 1.24 bits per heavy atom. The summed E-state index contributed by atoms with van der Waals surface area (Å²) in [5, 5.41) is 9.97. The molecule has 0 fully saturated rings. The quantitative estimate of drug-likeness (QED) is 0.713. The summed E-state index contributed by atoms with van der Waals surface area (Å²) in [6, 6.07) is 2.89. The largest absolute Gasteiger partial charge is 0.462 e. The third-order valence-corrected chi connectivity index (χ3v) is 3.85. The lowest BCUT2D eigenvalue weighted by Crippen LogP contribution is -2.15. The number of aliphatic hydroxyl groups excluding tert-OH is 1. The standard InChI is InChI=1S/C15H19Cl3O3/c1-9(2)5-10(8-19)3-4-21-15(20)14-12(17)6-11(16)7-13(14)18/h6-7,9-10,19H,3-5,8H2,1-2H3/t10-/m0/s1. The van der Waals surface area contributed by atoms with Crippen LogP contribution in [0.25, 0.3) is 0 Å². The van der Waals surface area contributed by atoms with Crippen LogP contribution in [0.4, 0.5) is 0 Å². The van der Waals surface area contributed by atoms with Crippen LogP contribution in [0.2, 0.25) is 15.1 Å². The summed E-state index contributed by atoms with van der Waals surface area (Å²) in [5.74, 6) is 0.0230. The van der Waals surface area contributed by atoms with Crippen LogP contribution in [-0.4, -0.2) is 24.3 Å². The van der Waals surface area contributed by atoms with E-state index in [1.165, 1.54) is 12.1 Å². The maximum atomic E-state index is 12.0. The molecule has 0 aliphatic heterocycles. The van der Waals surface area contributed by atoms with Crippen molar-refractivity contribution in [2.24, 2.45) is 11.8 Å². The molecule has 3 nitrogen and oxygen atoms in total. The zero-order valence-corrected chi connectivity index (χ0v) is 14.3. The third-order valence-electron chi connectivity index (χ3n) is 3.03. The van der Waals surface area contributed by atoms with Crippen molar-refractivity contribution < 1.29 is 14.6 Å². The number of carbonyl (C=O) groups excluding carboxylic acids is 1. The van der Waals surface area contributed by atoms with Gasteiger partial charge in [0.05, 0.1) is 22.2 Å². The van der Waals surface area contributed by atoms with Crippen LogP contribution < -0.4 is 0 Å². The van der Waals surface area contributed by atoms with Crippen LogP contribution in [0.1, 0.15) is 37.0 Å². The van der Waals surface area contributed by atoms with Crippen molar-refractivity contribution in [3.05, 3.63) is 32.8 Å². The summed E-state index contributed by atoms with van der Waals surface area (Å²) in [6.07, 6.45) is 1.49. The lowest BCUT2D eigenvalue weighted by atomic mass is 9.95. The van der Waals surface area contributed by atoms with Gasteiger partial charge in [0.1, 0.15) is 0 Å². The minimum atomic E-state index is -0.581. The number of ether oxygens (including phenoxy) is 1. The molecule has 0 heterocycles. The molecule has 0 amide bonds. The van der Waals surface area contributed by atoms with E-state index in [-0.39, 0.29) is 34.7 Å². The van der Waals surface area contributed by atoms with Gasteiger partial charge in [-0.3, -0.25) is 0 Å². The molecule has 0 bridgehead atoms. The molecule has 0 aliphatic rings. The van der Waals surface area contributed by atoms with Crippen molar-refractivity contribution in [2.75, 3.05) is 13.2 Å². The summed E-state index contributed by atoms with van der Waals surface area (Å²) in [5.41, 5.74) is 0.118. The first kappa shape index (κ1) is 18.6. The molecule has 0 saturated carbocycles. The highest BCUT2D eigenvalue weighted by Crippen LogP contribution is 2.29. The van der Waals surface area contributed by atoms with E-state index < -0.39 is 5.97 Å². The van der Waals surface area contributed by atoms with Crippen LogP contribution in [0, 0.1) is 11.8 Å². The minimum absolute atomic E-state index is 0.0815. The predicted octanol–water partition coefficient (Wildman–Crippen LogP) is 4.85. The topological polar surface area (TPSA) is 46.5 Å². The van der Waals surface area contributed by atoms with E-state index in [0.717, 1.165) is 6.42 Å². The molecule has 0 aromatic heterocycles. The van der Waals surface area contributed by atoms with Crippen molar-refractivity contribution in [3.8, 4) is 0 Å². The van der Waals surface area contributed by atoms with E-state index in [4.69, 9.17) is 39.5 Å². The Kier molecular flexibility index (Phi) is 7.82. The predicted molar refractivity (Wildman–Crippen MR) is 86.4 cm³/mol. The number of hydrogen-bond donors (Lipinski definition) is 1. The Bertz CT molecular complexity index is 466. The molecule has 0 unspecified atom stereocenters. The van der Waals surface area contributed by atoms with Gasteiger partial charge in [0, 0.05) is 11.6 Å². The van der Waals surface area contributed by atoms with Gasteiger partial charge in [-0.25, -0.2) is 4.79 Å². The van der Waals surface area contributed by atoms with Crippen molar-refractivity contribution in [1.82, 2.24) is 0 Å². The summed E-state index contributed by atoms with van der Waals surface area (Å²) in [7, 11) is 0. The van der Waals surface area contributed by atoms with Gasteiger partial charge >= 0.3 is 5.97 Å². The number of rotatable bonds is 7. The fourth-order valence-corrected chi connectivity index (χ4v) is 3.05. The average Bonchev–Trinajstić information content (AvgIpc) is 2.35. The second-order valence-electron chi connectivity index (χ2n) is 5.35. The highest BCUT2D eigenvalue weighted by atomic mass is 35.5. The first-order valence-electron chi connectivity index (χ1n) is 6.77. The van der Waals surface area contributed by atoms with Gasteiger partial charge in [-0.2, -0.15) is 0 Å². The molecule has 21 heavy (non-hydrogen) atoms. The van der Waals surface area contributed by atoms with Crippen LogP contribution in [0.3, 0.4) is 0 Å². The van der Waals surface area contributed by atoms with E-state index >= 15 is 0 Å². The maximum absolute atomic E-state index is 12.0. The molecule has 0 radical (unpaired) electrons. The minimum Gasteiger partial charge on any atom is -0.462 e. The van der Waals surface area contributed by atoms with E-state index in [1.54, 1.807) is 0 Å². The van der Waals surface area contributed by atoms with Gasteiger partial charge in [0.25, 0.3) is 0 Å². The van der Waals surface area contributed by atoms with Gasteiger partial charge in [-0.1, -0.05) is 48.7 Å². The van der Waals surface area contributed by atoms with Gasteiger partial charge in [-0.05, 0) is 36.8 Å². The Balaban J connectivity index is 2.58. The molecule has 1 aromatic rings. The van der Waals surface area contributed by atoms with Gasteiger partial charge < -0.3 is 9.84 Å². The fourth-order valence-electron chi connectivity index (χ4n) is 2.08. The lowest BCUT2D eigenvalue weighted by molar-refractivity contribution is 0.0460. The van der Waals surface area contributed by atoms with Crippen LogP contribution in [0.15, 0.2) is 12.1 Å². The van der Waals surface area contributed by atoms with E-state index in [1.807, 2.05) is 0 Å². The van der Waals surface area contributed by atoms with Crippen molar-refractivity contribution >= 4 is 40.8 Å². The summed E-state index contributed by atoms with van der Waals surface area (Å²) >= 11 is 17.7. The fraction of sp³-hybridized carbons (Fsp3) is 0.533. The van der Waals surface area contributed by atoms with Crippen molar-refractivity contribution in [2.45, 2.75) is 26.7 Å². The molecular weight excluding hydrogens is 335 g/mol. The summed E-state index contributed by atoms with van der Waals surface area (Å²) < 4.78 is 5.18. The monoisotopic (exact) mass is 352 g/mol. The Morgan fingerprint density at radius 3 is 2.29 bits per heavy atom. The van der Waals surface area contributed by atoms with E-state index in [9.17, 15) is 9.90 Å². The molecule has 6 heteroatoms. The molecule has 0 spiro atoms. The van der Waals surface area contributed by atoms with Crippen molar-refractivity contribution in [3.63, 3.8) is 0 Å². The normalized spacial score (nSPS) is 12.5. The van der Waals surface area contributed by atoms with Crippen LogP contribution in [-0.2, 0) is 4.74 Å². The maximum Gasteiger partial charge on any atom is 0.341 e. The third kappa shape index (κ3) is 6.03. The van der Waals surface area contributed by atoms with Gasteiger partial charge in [0.15, 0.2) is 0 Å². The lowest BCUT2D eigenvalue weighted by Gasteiger charge is -2.16. The summed E-state index contributed by atoms with van der Waals surface area (Å²) in [4.78, 5) is 12.0. The van der Waals surface area contributed by atoms with Gasteiger partial charge in [-0.15, -0.1) is 0 Å². The van der Waals surface area contributed by atoms with Crippen molar-refractivity contribution in [1.29, 1.82) is 0 Å². The molecule has 1 rings (SSSR count). The zero-order chi connectivity index (χ0) is 16.0. The highest BCUT2D eigenvalue weighted by molar-refractivity contribution is 6.41. The van der Waals surface area contributed by atoms with E-state index in [0.29, 0.717) is 17.4 Å². The Labute approximate surface area is 140 Å². The number of carbonyl (C=O) groups is 1. The Morgan fingerprint density at radius 2 is 1.81 bits per heavy atom. The number of benzene rings is 1. The number of hydrogen-bond acceptors (Lipinski definition) is 3. The van der Waals surface area contributed by atoms with Crippen LogP contribution >= 0.6 is 34.8 Å². The smallest absolute Gasteiger partial charge is 0.341 e. The first-order chi connectivity index (χ1) is 9.85. The highest BCUT2D eigenvalue weighted by Gasteiger charge is 2.18. The molecule has 0 aliphatic carbocycles. The second-order valence-corrected chi connectivity index (χ2v) is 6.60. The zero-order valence-electron chi connectivity index (χ0n) is 12.0. The molecular formula is C15H19Cl3O3. The molecule has 1 atom stereocenters. The number of aliphatic hydroxyl groups is 1. The summed E-state index contributed by atoms with van der Waals surface area (Å²) in [6.45, 7) is 4.47. The number of esters is 1. The van der Waals surface area contributed by atoms with Gasteiger partial charge in [0.2, 0.25) is 0 Å². The second kappa shape index (κ2) is 8.84. The Hall–Kier alpha value is -0.480. The molecule has 1 N–H and O–H groups in total.